The molecule has 4 heteroatoms. The second kappa shape index (κ2) is 5.34. The number of benzene rings is 1. The van der Waals surface area contributed by atoms with Gasteiger partial charge in [-0.15, -0.1) is 0 Å². The van der Waals surface area contributed by atoms with Gasteiger partial charge in [-0.1, -0.05) is 23.8 Å². The Labute approximate surface area is 128 Å². The number of hydrogen-bond donors (Lipinski definition) is 1. The molecule has 1 unspecified atom stereocenters. The standard InChI is InChI=1S/C16H21BrN2O/c1-10-6-7-11(2)13(8-10)16(4,20)9-14-15(17)12(3)18-19(14)5/h6-8,20H,9H2,1-5H3. The molecule has 1 atom stereocenters. The molecule has 1 aromatic heterocycles. The summed E-state index contributed by atoms with van der Waals surface area (Å²) in [6.45, 7) is 7.90. The van der Waals surface area contributed by atoms with Crippen molar-refractivity contribution in [2.45, 2.75) is 39.7 Å². The van der Waals surface area contributed by atoms with Gasteiger partial charge in [-0.3, -0.25) is 4.68 Å². The van der Waals surface area contributed by atoms with Crippen molar-refractivity contribution in [3.63, 3.8) is 0 Å². The molecule has 0 spiro atoms. The Bertz CT molecular complexity index is 644. The van der Waals surface area contributed by atoms with Crippen LogP contribution in [0.4, 0.5) is 0 Å². The van der Waals surface area contributed by atoms with Gasteiger partial charge in [0, 0.05) is 13.5 Å². The van der Waals surface area contributed by atoms with Gasteiger partial charge in [0.15, 0.2) is 0 Å². The maximum atomic E-state index is 10.9. The average Bonchev–Trinajstić information content (AvgIpc) is 2.59. The van der Waals surface area contributed by atoms with E-state index in [1.165, 1.54) is 0 Å². The molecule has 0 fully saturated rings. The minimum atomic E-state index is -0.918. The quantitative estimate of drug-likeness (QED) is 0.930. The molecule has 0 bridgehead atoms. The molecule has 20 heavy (non-hydrogen) atoms. The number of rotatable bonds is 3. The van der Waals surface area contributed by atoms with Crippen LogP contribution in [-0.4, -0.2) is 14.9 Å². The van der Waals surface area contributed by atoms with Gasteiger partial charge in [0.1, 0.15) is 0 Å². The Morgan fingerprint density at radius 3 is 2.50 bits per heavy atom. The van der Waals surface area contributed by atoms with Crippen molar-refractivity contribution in [3.8, 4) is 0 Å². The van der Waals surface area contributed by atoms with Crippen molar-refractivity contribution in [1.29, 1.82) is 0 Å². The SMILES string of the molecule is Cc1ccc(C)c(C(C)(O)Cc2c(Br)c(C)nn2C)c1. The molecule has 0 saturated heterocycles. The van der Waals surface area contributed by atoms with Crippen molar-refractivity contribution in [3.05, 3.63) is 50.8 Å². The summed E-state index contributed by atoms with van der Waals surface area (Å²) >= 11 is 3.56. The van der Waals surface area contributed by atoms with E-state index in [2.05, 4.69) is 39.2 Å². The second-order valence-electron chi connectivity index (χ2n) is 5.74. The van der Waals surface area contributed by atoms with Gasteiger partial charge in [-0.2, -0.15) is 5.10 Å². The van der Waals surface area contributed by atoms with Gasteiger partial charge in [-0.25, -0.2) is 0 Å². The lowest BCUT2D eigenvalue weighted by Gasteiger charge is -2.26. The van der Waals surface area contributed by atoms with Crippen LogP contribution in [0.1, 0.15) is 35.0 Å². The Morgan fingerprint density at radius 2 is 1.95 bits per heavy atom. The molecule has 3 nitrogen and oxygen atoms in total. The molecular formula is C16H21BrN2O. The topological polar surface area (TPSA) is 38.1 Å². The number of halogens is 1. The Morgan fingerprint density at radius 1 is 1.30 bits per heavy atom. The second-order valence-corrected chi connectivity index (χ2v) is 6.53. The molecular weight excluding hydrogens is 316 g/mol. The summed E-state index contributed by atoms with van der Waals surface area (Å²) in [7, 11) is 1.91. The van der Waals surface area contributed by atoms with E-state index in [0.717, 1.165) is 32.6 Å². The van der Waals surface area contributed by atoms with Crippen LogP contribution >= 0.6 is 15.9 Å². The van der Waals surface area contributed by atoms with Gasteiger partial charge < -0.3 is 5.11 Å². The van der Waals surface area contributed by atoms with Gasteiger partial charge in [0.2, 0.25) is 0 Å². The summed E-state index contributed by atoms with van der Waals surface area (Å²) in [4.78, 5) is 0. The van der Waals surface area contributed by atoms with Crippen LogP contribution < -0.4 is 0 Å². The highest BCUT2D eigenvalue weighted by atomic mass is 79.9. The van der Waals surface area contributed by atoms with E-state index in [9.17, 15) is 5.11 Å². The van der Waals surface area contributed by atoms with Crippen LogP contribution in [0.15, 0.2) is 22.7 Å². The smallest absolute Gasteiger partial charge is 0.0926 e. The molecule has 2 rings (SSSR count). The van der Waals surface area contributed by atoms with Crippen LogP contribution in [0.2, 0.25) is 0 Å². The molecule has 1 N–H and O–H groups in total. The zero-order valence-corrected chi connectivity index (χ0v) is 14.2. The number of aryl methyl sites for hydroxylation is 4. The van der Waals surface area contributed by atoms with Crippen LogP contribution in [-0.2, 0) is 19.1 Å². The monoisotopic (exact) mass is 336 g/mol. The number of aromatic nitrogens is 2. The fraction of sp³-hybridized carbons (Fsp3) is 0.438. The lowest BCUT2D eigenvalue weighted by atomic mass is 9.87. The third kappa shape index (κ3) is 2.81. The first-order valence-electron chi connectivity index (χ1n) is 6.70. The third-order valence-corrected chi connectivity index (χ3v) is 4.78. The van der Waals surface area contributed by atoms with Crippen LogP contribution in [0, 0.1) is 20.8 Å². The summed E-state index contributed by atoms with van der Waals surface area (Å²) in [6, 6.07) is 6.19. The average molecular weight is 337 g/mol. The number of hydrogen-bond acceptors (Lipinski definition) is 2. The summed E-state index contributed by atoms with van der Waals surface area (Å²) < 4.78 is 2.81. The van der Waals surface area contributed by atoms with E-state index in [1.54, 1.807) is 0 Å². The lowest BCUT2D eigenvalue weighted by Crippen LogP contribution is -2.27. The van der Waals surface area contributed by atoms with E-state index in [-0.39, 0.29) is 0 Å². The van der Waals surface area contributed by atoms with Gasteiger partial charge >= 0.3 is 0 Å². The Hall–Kier alpha value is -1.13. The maximum Gasteiger partial charge on any atom is 0.0926 e. The van der Waals surface area contributed by atoms with Crippen molar-refractivity contribution in [2.75, 3.05) is 0 Å². The molecule has 0 aliphatic rings. The fourth-order valence-corrected chi connectivity index (χ4v) is 3.09. The van der Waals surface area contributed by atoms with E-state index in [0.29, 0.717) is 6.42 Å². The summed E-state index contributed by atoms with van der Waals surface area (Å²) in [5, 5.41) is 15.3. The van der Waals surface area contributed by atoms with Crippen LogP contribution in [0.5, 0.6) is 0 Å². The molecule has 0 amide bonds. The molecule has 0 radical (unpaired) electrons. The van der Waals surface area contributed by atoms with E-state index in [1.807, 2.05) is 39.4 Å². The van der Waals surface area contributed by atoms with Gasteiger partial charge in [0.25, 0.3) is 0 Å². The van der Waals surface area contributed by atoms with E-state index >= 15 is 0 Å². The minimum absolute atomic E-state index is 0.523. The predicted molar refractivity (Wildman–Crippen MR) is 84.8 cm³/mol. The van der Waals surface area contributed by atoms with Crippen LogP contribution in [0.25, 0.3) is 0 Å². The Kier molecular flexibility index (Phi) is 4.07. The summed E-state index contributed by atoms with van der Waals surface area (Å²) in [5.41, 5.74) is 4.27. The molecule has 0 saturated carbocycles. The minimum Gasteiger partial charge on any atom is -0.385 e. The highest BCUT2D eigenvalue weighted by Gasteiger charge is 2.28. The van der Waals surface area contributed by atoms with E-state index in [4.69, 9.17) is 0 Å². The molecule has 0 aliphatic heterocycles. The fourth-order valence-electron chi connectivity index (χ4n) is 2.61. The number of nitrogens with zero attached hydrogens (tertiary/aromatic N) is 2. The zero-order valence-electron chi connectivity index (χ0n) is 12.7. The lowest BCUT2D eigenvalue weighted by molar-refractivity contribution is 0.0547. The summed E-state index contributed by atoms with van der Waals surface area (Å²) in [6.07, 6.45) is 0.523. The third-order valence-electron chi connectivity index (χ3n) is 3.75. The normalized spacial score (nSPS) is 14.3. The van der Waals surface area contributed by atoms with Crippen molar-refractivity contribution in [2.24, 2.45) is 7.05 Å². The first kappa shape index (κ1) is 15.3. The highest BCUT2D eigenvalue weighted by Crippen LogP contribution is 2.32. The van der Waals surface area contributed by atoms with Gasteiger partial charge in [0.05, 0.1) is 21.5 Å². The molecule has 1 heterocycles. The number of aliphatic hydroxyl groups is 1. The molecule has 1 aromatic carbocycles. The predicted octanol–water partition coefficient (Wildman–Crippen LogP) is 3.56. The van der Waals surface area contributed by atoms with Crippen molar-refractivity contribution < 1.29 is 5.11 Å². The van der Waals surface area contributed by atoms with Crippen molar-refractivity contribution in [1.82, 2.24) is 9.78 Å². The largest absolute Gasteiger partial charge is 0.385 e. The zero-order chi connectivity index (χ0) is 15.1. The summed E-state index contributed by atoms with van der Waals surface area (Å²) in [5.74, 6) is 0. The molecule has 108 valence electrons. The Balaban J connectivity index is 2.42. The van der Waals surface area contributed by atoms with Crippen molar-refractivity contribution >= 4 is 15.9 Å². The highest BCUT2D eigenvalue weighted by molar-refractivity contribution is 9.10. The van der Waals surface area contributed by atoms with E-state index < -0.39 is 5.60 Å². The molecule has 0 aliphatic carbocycles. The molecule has 2 aromatic rings. The van der Waals surface area contributed by atoms with Gasteiger partial charge in [-0.05, 0) is 54.8 Å². The first-order valence-corrected chi connectivity index (χ1v) is 7.50. The maximum absolute atomic E-state index is 10.9. The van der Waals surface area contributed by atoms with Crippen LogP contribution in [0.3, 0.4) is 0 Å². The first-order chi connectivity index (χ1) is 9.22.